The number of hydrogen-bond donors (Lipinski definition) is 0. The van der Waals surface area contributed by atoms with Crippen molar-refractivity contribution in [3.05, 3.63) is 11.3 Å². The lowest BCUT2D eigenvalue weighted by Crippen LogP contribution is -2.18. The number of hydrogen-bond acceptors (Lipinski definition) is 2. The van der Waals surface area contributed by atoms with E-state index < -0.39 is 16.1 Å². The van der Waals surface area contributed by atoms with Crippen molar-refractivity contribution in [1.82, 2.24) is 0 Å². The van der Waals surface area contributed by atoms with Crippen molar-refractivity contribution in [1.29, 1.82) is 0 Å². The first-order valence-corrected chi connectivity index (χ1v) is 13.4. The molecular formula is C14H26O2Si2. The lowest BCUT2D eigenvalue weighted by atomic mass is 10.2. The zero-order valence-electron chi connectivity index (χ0n) is 12.8. The first-order chi connectivity index (χ1) is 8.03. The van der Waals surface area contributed by atoms with Crippen molar-refractivity contribution >= 4 is 22.1 Å². The molecule has 0 N–H and O–H groups in total. The van der Waals surface area contributed by atoms with Gasteiger partial charge in [0, 0.05) is 0 Å². The second-order valence-electron chi connectivity index (χ2n) is 6.61. The fourth-order valence-electron chi connectivity index (χ4n) is 1.30. The molecule has 0 amide bonds. The average molecular weight is 283 g/mol. The molecule has 0 unspecified atom stereocenters. The van der Waals surface area contributed by atoms with Crippen LogP contribution < -0.4 is 0 Å². The SMILES string of the molecule is COC(=O)CC/C(C#C[Si](C)(C)C)=C/[Si](C)(C)C. The molecule has 0 aromatic rings. The topological polar surface area (TPSA) is 26.3 Å². The fraction of sp³-hybridized carbons (Fsp3) is 0.643. The largest absolute Gasteiger partial charge is 0.469 e. The Morgan fingerprint density at radius 3 is 2.06 bits per heavy atom. The maximum absolute atomic E-state index is 11.2. The van der Waals surface area contributed by atoms with E-state index in [2.05, 4.69) is 61.2 Å². The fourth-order valence-corrected chi connectivity index (χ4v) is 3.10. The number of allylic oxidation sites excluding steroid dienone is 1. The van der Waals surface area contributed by atoms with E-state index >= 15 is 0 Å². The van der Waals surface area contributed by atoms with Crippen LogP contribution in [0, 0.1) is 11.5 Å². The van der Waals surface area contributed by atoms with Crippen LogP contribution >= 0.6 is 0 Å². The molecule has 2 nitrogen and oxygen atoms in total. The molecule has 0 fully saturated rings. The number of rotatable bonds is 4. The quantitative estimate of drug-likeness (QED) is 0.447. The van der Waals surface area contributed by atoms with E-state index in [0.29, 0.717) is 12.8 Å². The summed E-state index contributed by atoms with van der Waals surface area (Å²) in [5.74, 6) is 3.13. The van der Waals surface area contributed by atoms with Crippen molar-refractivity contribution in [3.63, 3.8) is 0 Å². The molecule has 0 aromatic heterocycles. The number of esters is 1. The Bertz CT molecular complexity index is 373. The molecule has 0 radical (unpaired) electrons. The van der Waals surface area contributed by atoms with Gasteiger partial charge in [-0.05, 0) is 12.0 Å². The van der Waals surface area contributed by atoms with Gasteiger partial charge in [0.1, 0.15) is 8.07 Å². The zero-order valence-corrected chi connectivity index (χ0v) is 14.8. The van der Waals surface area contributed by atoms with E-state index in [4.69, 9.17) is 0 Å². The predicted molar refractivity (Wildman–Crippen MR) is 83.8 cm³/mol. The second-order valence-corrected chi connectivity index (χ2v) is 16.4. The van der Waals surface area contributed by atoms with E-state index in [1.54, 1.807) is 0 Å². The summed E-state index contributed by atoms with van der Waals surface area (Å²) >= 11 is 0. The van der Waals surface area contributed by atoms with Crippen LogP contribution in [0.25, 0.3) is 0 Å². The summed E-state index contributed by atoms with van der Waals surface area (Å²) in [6, 6.07) is 0. The highest BCUT2D eigenvalue weighted by molar-refractivity contribution is 6.84. The van der Waals surface area contributed by atoms with Crippen LogP contribution in [-0.2, 0) is 9.53 Å². The molecule has 0 bridgehead atoms. The molecule has 4 heteroatoms. The molecule has 0 spiro atoms. The van der Waals surface area contributed by atoms with E-state index in [1.807, 2.05) is 0 Å². The standard InChI is InChI=1S/C14H26O2Si2/c1-16-14(15)9-8-13(12-18(5,6)7)10-11-17(2,3)4/h12H,8-9H2,1-7H3/b13-12-. The minimum absolute atomic E-state index is 0.161. The molecule has 0 heterocycles. The minimum Gasteiger partial charge on any atom is -0.469 e. The van der Waals surface area contributed by atoms with Crippen LogP contribution in [-0.4, -0.2) is 29.2 Å². The van der Waals surface area contributed by atoms with E-state index in [9.17, 15) is 4.79 Å². The van der Waals surface area contributed by atoms with Crippen LogP contribution in [0.4, 0.5) is 0 Å². The van der Waals surface area contributed by atoms with Crippen molar-refractivity contribution in [2.45, 2.75) is 52.1 Å². The Labute approximate surface area is 114 Å². The van der Waals surface area contributed by atoms with Gasteiger partial charge in [0.15, 0.2) is 0 Å². The third-order valence-electron chi connectivity index (χ3n) is 2.03. The highest BCUT2D eigenvalue weighted by atomic mass is 28.3. The number of carbonyl (C=O) groups excluding carboxylic acids is 1. The van der Waals surface area contributed by atoms with Gasteiger partial charge in [-0.15, -0.1) is 5.54 Å². The summed E-state index contributed by atoms with van der Waals surface area (Å²) in [4.78, 5) is 11.2. The summed E-state index contributed by atoms with van der Waals surface area (Å²) < 4.78 is 4.68. The third-order valence-corrected chi connectivity index (χ3v) is 4.12. The number of carbonyl (C=O) groups is 1. The van der Waals surface area contributed by atoms with Gasteiger partial charge in [0.25, 0.3) is 0 Å². The van der Waals surface area contributed by atoms with Crippen LogP contribution in [0.1, 0.15) is 12.8 Å². The second kappa shape index (κ2) is 6.96. The molecule has 0 atom stereocenters. The van der Waals surface area contributed by atoms with Gasteiger partial charge in [0.05, 0.1) is 21.6 Å². The molecular weight excluding hydrogens is 256 g/mol. The third kappa shape index (κ3) is 10.4. The van der Waals surface area contributed by atoms with Gasteiger partial charge in [-0.25, -0.2) is 0 Å². The van der Waals surface area contributed by atoms with Crippen LogP contribution in [0.15, 0.2) is 11.3 Å². The molecule has 0 aliphatic heterocycles. The van der Waals surface area contributed by atoms with Crippen molar-refractivity contribution in [3.8, 4) is 11.5 Å². The molecule has 0 saturated carbocycles. The Morgan fingerprint density at radius 2 is 1.67 bits per heavy atom. The van der Waals surface area contributed by atoms with E-state index in [-0.39, 0.29) is 5.97 Å². The number of methoxy groups -OCH3 is 1. The molecule has 102 valence electrons. The zero-order chi connectivity index (χ0) is 14.4. The van der Waals surface area contributed by atoms with Gasteiger partial charge in [-0.1, -0.05) is 50.9 Å². The smallest absolute Gasteiger partial charge is 0.305 e. The van der Waals surface area contributed by atoms with Crippen LogP contribution in [0.2, 0.25) is 39.3 Å². The van der Waals surface area contributed by atoms with Gasteiger partial charge < -0.3 is 4.74 Å². The van der Waals surface area contributed by atoms with Crippen molar-refractivity contribution in [2.75, 3.05) is 7.11 Å². The maximum Gasteiger partial charge on any atom is 0.305 e. The van der Waals surface area contributed by atoms with Crippen molar-refractivity contribution in [2.24, 2.45) is 0 Å². The van der Waals surface area contributed by atoms with E-state index in [0.717, 1.165) is 5.57 Å². The van der Waals surface area contributed by atoms with Crippen molar-refractivity contribution < 1.29 is 9.53 Å². The van der Waals surface area contributed by atoms with Gasteiger partial charge in [-0.3, -0.25) is 4.79 Å². The molecule has 0 aliphatic carbocycles. The Kier molecular flexibility index (Phi) is 6.65. The lowest BCUT2D eigenvalue weighted by molar-refractivity contribution is -0.140. The molecule has 0 aromatic carbocycles. The summed E-state index contributed by atoms with van der Waals surface area (Å²) in [5, 5.41) is 0. The van der Waals surface area contributed by atoms with Gasteiger partial charge in [0.2, 0.25) is 0 Å². The maximum atomic E-state index is 11.2. The predicted octanol–water partition coefficient (Wildman–Crippen LogP) is 3.62. The highest BCUT2D eigenvalue weighted by Crippen LogP contribution is 2.12. The van der Waals surface area contributed by atoms with Gasteiger partial charge >= 0.3 is 5.97 Å². The Hall–Kier alpha value is -0.796. The minimum atomic E-state index is -1.36. The van der Waals surface area contributed by atoms with E-state index in [1.165, 1.54) is 7.11 Å². The lowest BCUT2D eigenvalue weighted by Gasteiger charge is -2.12. The normalized spacial score (nSPS) is 12.7. The summed E-state index contributed by atoms with van der Waals surface area (Å²) in [6.07, 6.45) is 1.13. The Balaban J connectivity index is 4.90. The molecule has 0 saturated heterocycles. The summed E-state index contributed by atoms with van der Waals surface area (Å²) in [6.45, 7) is 13.5. The molecule has 0 rings (SSSR count). The van der Waals surface area contributed by atoms with Gasteiger partial charge in [-0.2, -0.15) is 0 Å². The average Bonchev–Trinajstić information content (AvgIpc) is 2.18. The Morgan fingerprint density at radius 1 is 1.11 bits per heavy atom. The number of ether oxygens (including phenoxy) is 1. The molecule has 18 heavy (non-hydrogen) atoms. The summed E-state index contributed by atoms with van der Waals surface area (Å²) in [5.41, 5.74) is 6.78. The van der Waals surface area contributed by atoms with Crippen LogP contribution in [0.5, 0.6) is 0 Å². The summed E-state index contributed by atoms with van der Waals surface area (Å²) in [7, 11) is -1.23. The highest BCUT2D eigenvalue weighted by Gasteiger charge is 2.13. The molecule has 0 aliphatic rings. The first-order valence-electron chi connectivity index (χ1n) is 6.35. The monoisotopic (exact) mass is 282 g/mol. The first kappa shape index (κ1) is 17.2. The van der Waals surface area contributed by atoms with Crippen LogP contribution in [0.3, 0.4) is 0 Å².